The predicted octanol–water partition coefficient (Wildman–Crippen LogP) is 5.19. The lowest BCUT2D eigenvalue weighted by atomic mass is 9.87. The average Bonchev–Trinajstić information content (AvgIpc) is 2.77. The van der Waals surface area contributed by atoms with Crippen molar-refractivity contribution < 1.29 is 9.59 Å². The van der Waals surface area contributed by atoms with Crippen LogP contribution >= 0.6 is 0 Å². The lowest BCUT2D eigenvalue weighted by Gasteiger charge is -2.19. The van der Waals surface area contributed by atoms with Crippen LogP contribution in [0.25, 0.3) is 0 Å². The highest BCUT2D eigenvalue weighted by Gasteiger charge is 2.14. The van der Waals surface area contributed by atoms with Gasteiger partial charge in [-0.3, -0.25) is 9.59 Å². The fourth-order valence-corrected chi connectivity index (χ4v) is 2.96. The Morgan fingerprint density at radius 1 is 0.806 bits per heavy atom. The summed E-state index contributed by atoms with van der Waals surface area (Å²) in [4.78, 5) is 24.7. The predicted molar refractivity (Wildman–Crippen MR) is 126 cm³/mol. The minimum atomic E-state index is -0.306. The first-order valence-electron chi connectivity index (χ1n) is 10.2. The number of nitrogens with zero attached hydrogens (tertiary/aromatic N) is 1. The number of hydrogen-bond donors (Lipinski definition) is 2. The van der Waals surface area contributed by atoms with Gasteiger partial charge in [0.05, 0.1) is 0 Å². The van der Waals surface area contributed by atoms with Crippen LogP contribution in [0.15, 0.2) is 84.0 Å². The molecule has 0 fully saturated rings. The topological polar surface area (TPSA) is 70.6 Å². The minimum Gasteiger partial charge on any atom is -0.322 e. The summed E-state index contributed by atoms with van der Waals surface area (Å²) in [6, 6.07) is 24.2. The van der Waals surface area contributed by atoms with Crippen molar-refractivity contribution >= 4 is 23.7 Å². The van der Waals surface area contributed by atoms with Crippen LogP contribution in [0.1, 0.15) is 52.6 Å². The summed E-state index contributed by atoms with van der Waals surface area (Å²) in [5.74, 6) is -0.497. The molecule has 31 heavy (non-hydrogen) atoms. The zero-order valence-electron chi connectivity index (χ0n) is 18.1. The van der Waals surface area contributed by atoms with Gasteiger partial charge in [-0.2, -0.15) is 5.10 Å². The van der Waals surface area contributed by atoms with Gasteiger partial charge in [0.15, 0.2) is 0 Å². The Morgan fingerprint density at radius 3 is 2.00 bits per heavy atom. The van der Waals surface area contributed by atoms with Crippen LogP contribution in [-0.4, -0.2) is 18.0 Å². The second-order valence-corrected chi connectivity index (χ2v) is 8.30. The largest absolute Gasteiger partial charge is 0.322 e. The van der Waals surface area contributed by atoms with E-state index in [1.807, 2.05) is 54.6 Å². The standard InChI is InChI=1S/C26H27N3O2/c1-26(2,3)22-13-9-20(10-14-22)24(30)28-23-15-11-21(12-16-23)25(31)29-27-18-17-19-7-5-4-6-8-19/h4-16,18H,17H2,1-3H3,(H,28,30)(H,29,31). The number of hydrazone groups is 1. The highest BCUT2D eigenvalue weighted by molar-refractivity contribution is 6.04. The first-order chi connectivity index (χ1) is 14.8. The monoisotopic (exact) mass is 413 g/mol. The summed E-state index contributed by atoms with van der Waals surface area (Å²) < 4.78 is 0. The van der Waals surface area contributed by atoms with Crippen LogP contribution in [0.4, 0.5) is 5.69 Å². The number of benzene rings is 3. The molecule has 0 unspecified atom stereocenters. The van der Waals surface area contributed by atoms with Gasteiger partial charge in [-0.1, -0.05) is 63.2 Å². The number of anilines is 1. The zero-order chi connectivity index (χ0) is 22.3. The number of carbonyl (C=O) groups excluding carboxylic acids is 2. The summed E-state index contributed by atoms with van der Waals surface area (Å²) in [6.07, 6.45) is 2.30. The van der Waals surface area contributed by atoms with Crippen LogP contribution < -0.4 is 10.7 Å². The summed E-state index contributed by atoms with van der Waals surface area (Å²) in [5.41, 5.74) is 6.51. The number of amides is 2. The molecule has 0 radical (unpaired) electrons. The maximum Gasteiger partial charge on any atom is 0.271 e. The highest BCUT2D eigenvalue weighted by Crippen LogP contribution is 2.22. The second kappa shape index (κ2) is 9.85. The molecule has 0 spiro atoms. The van der Waals surface area contributed by atoms with Crippen LogP contribution in [0.3, 0.4) is 0 Å². The molecule has 3 aromatic carbocycles. The molecule has 2 amide bonds. The number of nitrogens with one attached hydrogen (secondary N) is 2. The van der Waals surface area contributed by atoms with Gasteiger partial charge in [-0.05, 0) is 52.9 Å². The summed E-state index contributed by atoms with van der Waals surface area (Å²) >= 11 is 0. The quantitative estimate of drug-likeness (QED) is 0.431. The van der Waals surface area contributed by atoms with Crippen molar-refractivity contribution in [2.24, 2.45) is 5.10 Å². The second-order valence-electron chi connectivity index (χ2n) is 8.30. The molecule has 3 rings (SSSR count). The lowest BCUT2D eigenvalue weighted by molar-refractivity contribution is 0.0954. The maximum absolute atomic E-state index is 12.5. The smallest absolute Gasteiger partial charge is 0.271 e. The van der Waals surface area contributed by atoms with E-state index in [0.717, 1.165) is 5.56 Å². The molecule has 0 aliphatic rings. The van der Waals surface area contributed by atoms with E-state index in [0.29, 0.717) is 23.2 Å². The van der Waals surface area contributed by atoms with E-state index in [1.54, 1.807) is 30.5 Å². The third-order valence-electron chi connectivity index (χ3n) is 4.85. The van der Waals surface area contributed by atoms with Crippen molar-refractivity contribution in [1.82, 2.24) is 5.43 Å². The van der Waals surface area contributed by atoms with Gasteiger partial charge in [0.25, 0.3) is 11.8 Å². The van der Waals surface area contributed by atoms with Crippen molar-refractivity contribution in [1.29, 1.82) is 0 Å². The Morgan fingerprint density at radius 2 is 1.39 bits per heavy atom. The van der Waals surface area contributed by atoms with Gasteiger partial charge >= 0.3 is 0 Å². The first-order valence-corrected chi connectivity index (χ1v) is 10.2. The third kappa shape index (κ3) is 6.37. The number of rotatable bonds is 6. The van der Waals surface area contributed by atoms with E-state index in [2.05, 4.69) is 36.6 Å². The highest BCUT2D eigenvalue weighted by atomic mass is 16.2. The fourth-order valence-electron chi connectivity index (χ4n) is 2.96. The maximum atomic E-state index is 12.5. The fraction of sp³-hybridized carbons (Fsp3) is 0.192. The van der Waals surface area contributed by atoms with E-state index >= 15 is 0 Å². The Bertz CT molecular complexity index is 1050. The molecule has 5 nitrogen and oxygen atoms in total. The van der Waals surface area contributed by atoms with Crippen LogP contribution in [-0.2, 0) is 11.8 Å². The Labute approximate surface area is 183 Å². The normalized spacial score (nSPS) is 11.3. The molecule has 0 saturated carbocycles. The Balaban J connectivity index is 1.53. The lowest BCUT2D eigenvalue weighted by Crippen LogP contribution is -2.18. The molecule has 5 heteroatoms. The van der Waals surface area contributed by atoms with Gasteiger partial charge in [0, 0.05) is 29.4 Å². The van der Waals surface area contributed by atoms with Gasteiger partial charge < -0.3 is 5.32 Å². The zero-order valence-corrected chi connectivity index (χ0v) is 18.1. The third-order valence-corrected chi connectivity index (χ3v) is 4.85. The van der Waals surface area contributed by atoms with Crippen molar-refractivity contribution in [2.45, 2.75) is 32.6 Å². The van der Waals surface area contributed by atoms with E-state index in [9.17, 15) is 9.59 Å². The van der Waals surface area contributed by atoms with Crippen LogP contribution in [0, 0.1) is 0 Å². The van der Waals surface area contributed by atoms with Crippen LogP contribution in [0.5, 0.6) is 0 Å². The van der Waals surface area contributed by atoms with Gasteiger partial charge in [0.2, 0.25) is 0 Å². The molecule has 0 atom stereocenters. The summed E-state index contributed by atoms with van der Waals surface area (Å²) in [5, 5.41) is 6.84. The molecule has 0 bridgehead atoms. The molecule has 3 aromatic rings. The van der Waals surface area contributed by atoms with E-state index in [-0.39, 0.29) is 17.2 Å². The molecule has 0 aliphatic heterocycles. The first kappa shape index (κ1) is 22.0. The molecule has 158 valence electrons. The molecular formula is C26H27N3O2. The molecular weight excluding hydrogens is 386 g/mol. The molecule has 0 aromatic heterocycles. The Hall–Kier alpha value is -3.73. The Kier molecular flexibility index (Phi) is 6.98. The molecule has 2 N–H and O–H groups in total. The SMILES string of the molecule is CC(C)(C)c1ccc(C(=O)Nc2ccc(C(=O)NN=CCc3ccccc3)cc2)cc1. The summed E-state index contributed by atoms with van der Waals surface area (Å²) in [6.45, 7) is 6.40. The van der Waals surface area contributed by atoms with E-state index in [1.165, 1.54) is 5.56 Å². The average molecular weight is 414 g/mol. The van der Waals surface area contributed by atoms with Gasteiger partial charge in [0.1, 0.15) is 0 Å². The van der Waals surface area contributed by atoms with Crippen molar-refractivity contribution in [3.63, 3.8) is 0 Å². The number of hydrogen-bond acceptors (Lipinski definition) is 3. The van der Waals surface area contributed by atoms with Crippen LogP contribution in [0.2, 0.25) is 0 Å². The minimum absolute atomic E-state index is 0.0387. The molecule has 0 heterocycles. The number of carbonyl (C=O) groups is 2. The summed E-state index contributed by atoms with van der Waals surface area (Å²) in [7, 11) is 0. The van der Waals surface area contributed by atoms with Gasteiger partial charge in [-0.25, -0.2) is 5.43 Å². The van der Waals surface area contributed by atoms with Crippen molar-refractivity contribution in [3.8, 4) is 0 Å². The molecule has 0 aliphatic carbocycles. The van der Waals surface area contributed by atoms with E-state index in [4.69, 9.17) is 0 Å². The van der Waals surface area contributed by atoms with Crippen molar-refractivity contribution in [2.75, 3.05) is 5.32 Å². The van der Waals surface area contributed by atoms with Gasteiger partial charge in [-0.15, -0.1) is 0 Å². The molecule has 0 saturated heterocycles. The van der Waals surface area contributed by atoms with Crippen molar-refractivity contribution in [3.05, 3.63) is 101 Å². The van der Waals surface area contributed by atoms with E-state index < -0.39 is 0 Å².